The van der Waals surface area contributed by atoms with Crippen LogP contribution < -0.4 is 53.6 Å². The zero-order chi connectivity index (χ0) is 77.3. The van der Waals surface area contributed by atoms with Crippen LogP contribution in [0.25, 0.3) is 22.3 Å². The number of hydrogen-bond acceptors (Lipinski definition) is 18. The highest BCUT2D eigenvalue weighted by atomic mass is 32.1. The van der Waals surface area contributed by atoms with Gasteiger partial charge in [-0.2, -0.15) is 19.9 Å². The fourth-order valence-corrected chi connectivity index (χ4v) is 12.2. The lowest BCUT2D eigenvalue weighted by Gasteiger charge is -2.22. The van der Waals surface area contributed by atoms with E-state index >= 15 is 0 Å². The van der Waals surface area contributed by atoms with Gasteiger partial charge in [-0.05, 0) is 118 Å². The van der Waals surface area contributed by atoms with E-state index in [0.717, 1.165) is 111 Å². The lowest BCUT2D eigenvalue weighted by molar-refractivity contribution is -0.139. The number of ether oxygens (including phenoxy) is 5. The Morgan fingerprint density at radius 2 is 0.943 bits per heavy atom. The van der Waals surface area contributed by atoms with Crippen molar-refractivity contribution in [2.45, 2.75) is 279 Å². The second kappa shape index (κ2) is 53.1. The topological polar surface area (TPSA) is 345 Å². The zero-order valence-electron chi connectivity index (χ0n) is 65.2. The monoisotopic (exact) mass is 1510 g/mol. The second-order valence-electron chi connectivity index (χ2n) is 28.2. The number of alkyl carbamates (subject to hydrolysis) is 1. The van der Waals surface area contributed by atoms with Crippen molar-refractivity contribution in [1.82, 2.24) is 60.3 Å². The van der Waals surface area contributed by atoms with Crippen molar-refractivity contribution < 1.29 is 43.2 Å². The molecule has 2 unspecified atom stereocenters. The first kappa shape index (κ1) is 90.6. The number of carbonyl (C=O) groups is 3. The number of imidazole rings is 2. The van der Waals surface area contributed by atoms with Gasteiger partial charge in [0.2, 0.25) is 5.91 Å². The van der Waals surface area contributed by atoms with E-state index in [9.17, 15) is 29.1 Å². The van der Waals surface area contributed by atoms with Crippen LogP contribution in [0.2, 0.25) is 0 Å². The van der Waals surface area contributed by atoms with Gasteiger partial charge in [0.05, 0.1) is 26.3 Å². The van der Waals surface area contributed by atoms with Crippen LogP contribution in [0.1, 0.15) is 263 Å². The third-order valence-corrected chi connectivity index (χ3v) is 18.6. The molecule has 0 radical (unpaired) electrons. The maximum Gasteiger partial charge on any atom is 0.408 e. The average molecular weight is 1510 g/mol. The Hall–Kier alpha value is -7.75. The maximum atomic E-state index is 13.1. The number of carboxylic acid groups (broad SMARTS) is 1. The van der Waals surface area contributed by atoms with Gasteiger partial charge in [0.15, 0.2) is 28.0 Å². The second-order valence-corrected chi connectivity index (χ2v) is 29.2. The molecule has 2 atom stereocenters. The SMILES string of the molecule is CCCCCCCCC.CCCCCCCCCCC(CCCCNC(=S)NCc1ccc(Cn2c(=O)[nH]c3c(N)nc(OCCOC)nc32)cc1)C(=O)NCCCCCCC.COCCOc1nc(N)c2[nH]c(=O)n(Cc3ccc(CCC(=S)CCCCCC(NC(=O)OC(C)(C)C)C(=O)O)cc3)c2n1. The van der Waals surface area contributed by atoms with E-state index in [4.69, 9.17) is 59.6 Å². The average Bonchev–Trinajstić information content (AvgIpc) is 1.64. The number of nitrogens with one attached hydrogen (secondary N) is 6. The van der Waals surface area contributed by atoms with Gasteiger partial charge in [-0.3, -0.25) is 13.9 Å². The van der Waals surface area contributed by atoms with Crippen LogP contribution in [0.5, 0.6) is 12.0 Å². The van der Waals surface area contributed by atoms with Gasteiger partial charge < -0.3 is 71.5 Å². The number of hydrogen-bond donors (Lipinski definition) is 9. The predicted molar refractivity (Wildman–Crippen MR) is 433 cm³/mol. The molecule has 27 heteroatoms. The van der Waals surface area contributed by atoms with Gasteiger partial charge in [0, 0.05) is 39.8 Å². The molecule has 4 heterocycles. The van der Waals surface area contributed by atoms with E-state index in [1.54, 1.807) is 35.0 Å². The van der Waals surface area contributed by atoms with Crippen LogP contribution in [0, 0.1) is 5.92 Å². The molecule has 4 aromatic heterocycles. The summed E-state index contributed by atoms with van der Waals surface area (Å²) < 4.78 is 29.2. The lowest BCUT2D eigenvalue weighted by atomic mass is 9.94. The molecule has 6 rings (SSSR count). The molecule has 0 saturated carbocycles. The van der Waals surface area contributed by atoms with Crippen molar-refractivity contribution in [1.29, 1.82) is 0 Å². The third kappa shape index (κ3) is 37.2. The Bertz CT molecular complexity index is 3590. The largest absolute Gasteiger partial charge is 0.480 e. The normalized spacial score (nSPS) is 11.8. The quantitative estimate of drug-likeness (QED) is 0.0126. The number of amides is 2. The number of H-pyrrole nitrogens is 2. The van der Waals surface area contributed by atoms with Crippen LogP contribution in [0.4, 0.5) is 16.4 Å². The molecule has 0 aliphatic carbocycles. The molecule has 0 spiro atoms. The summed E-state index contributed by atoms with van der Waals surface area (Å²) in [4.78, 5) is 85.3. The molecule has 592 valence electrons. The van der Waals surface area contributed by atoms with Crippen LogP contribution in [0.3, 0.4) is 0 Å². The molecule has 2 aromatic carbocycles. The summed E-state index contributed by atoms with van der Waals surface area (Å²) in [6.07, 6.45) is 34.3. The number of nitrogens with zero attached hydrogens (tertiary/aromatic N) is 6. The fourth-order valence-electron chi connectivity index (χ4n) is 11.8. The summed E-state index contributed by atoms with van der Waals surface area (Å²) in [7, 11) is 3.14. The van der Waals surface area contributed by atoms with Crippen molar-refractivity contribution in [2.24, 2.45) is 5.92 Å². The first-order valence-electron chi connectivity index (χ1n) is 39.1. The number of nitrogens with two attached hydrogens (primary N) is 2. The lowest BCUT2D eigenvalue weighted by Crippen LogP contribution is -2.43. The number of nitrogen functional groups attached to an aromatic ring is 2. The van der Waals surface area contributed by atoms with Gasteiger partial charge in [-0.1, -0.05) is 230 Å². The van der Waals surface area contributed by atoms with Gasteiger partial charge in [0.25, 0.3) is 0 Å². The van der Waals surface area contributed by atoms with Gasteiger partial charge in [-0.15, -0.1) is 0 Å². The van der Waals surface area contributed by atoms with E-state index < -0.39 is 23.7 Å². The van der Waals surface area contributed by atoms with Crippen molar-refractivity contribution in [3.05, 3.63) is 91.8 Å². The number of methoxy groups -OCH3 is 2. The number of aliphatic carboxylic acids is 1. The number of aromatic amines is 2. The predicted octanol–water partition coefficient (Wildman–Crippen LogP) is 14.9. The summed E-state index contributed by atoms with van der Waals surface area (Å²) >= 11 is 11.1. The summed E-state index contributed by atoms with van der Waals surface area (Å²) in [5, 5.41) is 22.3. The molecule has 2 amide bonds. The van der Waals surface area contributed by atoms with Gasteiger partial charge >= 0.3 is 35.5 Å². The molecule has 106 heavy (non-hydrogen) atoms. The minimum Gasteiger partial charge on any atom is -0.480 e. The van der Waals surface area contributed by atoms with Crippen LogP contribution >= 0.6 is 24.4 Å². The van der Waals surface area contributed by atoms with Crippen LogP contribution in [0.15, 0.2) is 58.1 Å². The number of carbonyl (C=O) groups excluding carboxylic acids is 2. The molecular weight excluding hydrogens is 1390 g/mol. The summed E-state index contributed by atoms with van der Waals surface area (Å²) in [6.45, 7) is 18.2. The number of anilines is 2. The third-order valence-electron chi connectivity index (χ3n) is 17.9. The number of rotatable bonds is 52. The Kier molecular flexibility index (Phi) is 45.4. The molecular formula is C79H128N14O11S2. The number of carboxylic acids is 1. The first-order chi connectivity index (χ1) is 51.1. The molecule has 0 aliphatic heterocycles. The van der Waals surface area contributed by atoms with E-state index in [0.29, 0.717) is 73.1 Å². The fraction of sp³-hybridized carbons (Fsp3) is 0.658. The summed E-state index contributed by atoms with van der Waals surface area (Å²) in [5.41, 5.74) is 16.2. The van der Waals surface area contributed by atoms with Crippen molar-refractivity contribution in [3.63, 3.8) is 0 Å². The van der Waals surface area contributed by atoms with E-state index in [1.165, 1.54) is 125 Å². The summed E-state index contributed by atoms with van der Waals surface area (Å²) in [5.74, 6) is -0.471. The molecule has 11 N–H and O–H groups in total. The summed E-state index contributed by atoms with van der Waals surface area (Å²) in [6, 6.07) is 15.1. The van der Waals surface area contributed by atoms with Crippen LogP contribution in [-0.2, 0) is 49.9 Å². The number of aromatic nitrogens is 8. The van der Waals surface area contributed by atoms with Gasteiger partial charge in [-0.25, -0.2) is 19.2 Å². The minimum atomic E-state index is -1.08. The number of aryl methyl sites for hydroxylation is 1. The number of unbranched alkanes of at least 4 members (excludes halogenated alkanes) is 20. The number of benzene rings is 2. The van der Waals surface area contributed by atoms with E-state index in [2.05, 4.69) is 78.9 Å². The van der Waals surface area contributed by atoms with Crippen molar-refractivity contribution in [3.8, 4) is 12.0 Å². The van der Waals surface area contributed by atoms with Crippen LogP contribution in [-0.4, -0.2) is 137 Å². The highest BCUT2D eigenvalue weighted by molar-refractivity contribution is 7.80. The van der Waals surface area contributed by atoms with Gasteiger partial charge in [0.1, 0.15) is 35.9 Å². The molecule has 6 aromatic rings. The Balaban J connectivity index is 0.000000406. The Morgan fingerprint density at radius 1 is 0.528 bits per heavy atom. The molecule has 0 bridgehead atoms. The van der Waals surface area contributed by atoms with E-state index in [1.807, 2.05) is 48.5 Å². The van der Waals surface area contributed by atoms with E-state index in [-0.39, 0.29) is 60.1 Å². The standard InChI is InChI=1S/C40H66N8O4S.C30H42N6O7S.C9H20/c1-4-6-8-10-11-12-13-15-19-33(37(49)42-25-17-14-9-7-5-2)20-16-18-26-43-39(53)44-29-31-21-23-32(24-22-31)30-48-36-34(45-40(48)50)35(41)46-38(47-36)52-28-27-51-3;1-30(2,3)43-29(40)32-22(26(37)38)9-7-5-6-8-21(44)15-14-19-10-12-20(13-11-19)18-36-25-23(33-28(36)39)24(31)34-27(35-25)42-17-16-41-4;1-3-5-7-9-8-6-4-2/h21-24,33H,4-20,25-30H2,1-3H3,(H,42,49)(H,45,50)(H2,41,46,47)(H2,43,44,53);10-13,22H,5-9,14-18H2,1-4H3,(H,32,40)(H,33,39)(H,37,38)(H2,31,34,35);3-9H2,1-2H3. The molecule has 0 saturated heterocycles. The number of fused-ring (bicyclic) bond motifs is 2. The highest BCUT2D eigenvalue weighted by Crippen LogP contribution is 2.23. The highest BCUT2D eigenvalue weighted by Gasteiger charge is 2.24. The maximum absolute atomic E-state index is 13.1. The Morgan fingerprint density at radius 3 is 1.42 bits per heavy atom. The minimum absolute atomic E-state index is 0.0748. The van der Waals surface area contributed by atoms with Crippen molar-refractivity contribution >= 4 is 86.3 Å². The number of thiocarbonyl (C=S) groups is 2. The molecule has 0 aliphatic rings. The first-order valence-corrected chi connectivity index (χ1v) is 39.9. The van der Waals surface area contributed by atoms with Crippen molar-refractivity contribution in [2.75, 3.05) is 65.2 Å². The molecule has 25 nitrogen and oxygen atoms in total. The smallest absolute Gasteiger partial charge is 0.408 e. The zero-order valence-corrected chi connectivity index (χ0v) is 66.9. The Labute approximate surface area is 640 Å². The molecule has 0 fully saturated rings.